The van der Waals surface area contributed by atoms with Gasteiger partial charge in [-0.3, -0.25) is 4.84 Å². The molecule has 1 saturated heterocycles. The lowest BCUT2D eigenvalue weighted by molar-refractivity contribution is -0.118. The third-order valence-corrected chi connectivity index (χ3v) is 6.24. The molecule has 1 aromatic carbocycles. The first-order chi connectivity index (χ1) is 15.4. The Bertz CT molecular complexity index is 1300. The molecule has 1 aliphatic heterocycles. The van der Waals surface area contributed by atoms with Crippen LogP contribution in [0.2, 0.25) is 5.02 Å². The lowest BCUT2D eigenvalue weighted by Crippen LogP contribution is -2.20. The van der Waals surface area contributed by atoms with Crippen molar-refractivity contribution in [3.63, 3.8) is 0 Å². The first kappa shape index (κ1) is 20.9. The number of hydroxylamine groups is 2. The summed E-state index contributed by atoms with van der Waals surface area (Å²) in [4.78, 5) is 14.4. The zero-order chi connectivity index (χ0) is 22.4. The zero-order valence-electron chi connectivity index (χ0n) is 18.1. The van der Waals surface area contributed by atoms with Gasteiger partial charge in [0, 0.05) is 53.4 Å². The summed E-state index contributed by atoms with van der Waals surface area (Å²) in [5, 5.41) is 21.0. The first-order valence-corrected chi connectivity index (χ1v) is 10.7. The van der Waals surface area contributed by atoms with Crippen molar-refractivity contribution in [1.82, 2.24) is 29.4 Å². The molecule has 0 saturated carbocycles. The molecule has 0 bridgehead atoms. The second-order valence-corrected chi connectivity index (χ2v) is 8.39. The van der Waals surface area contributed by atoms with Crippen LogP contribution in [-0.2, 0) is 18.4 Å². The van der Waals surface area contributed by atoms with E-state index < -0.39 is 6.10 Å². The summed E-state index contributed by atoms with van der Waals surface area (Å²) in [7, 11) is 2.00. The van der Waals surface area contributed by atoms with Crippen molar-refractivity contribution in [1.29, 1.82) is 0 Å². The fourth-order valence-electron chi connectivity index (χ4n) is 3.87. The number of aryl methyl sites for hydroxylation is 2. The van der Waals surface area contributed by atoms with Gasteiger partial charge >= 0.3 is 0 Å². The Morgan fingerprint density at radius 1 is 1.28 bits per heavy atom. The van der Waals surface area contributed by atoms with Crippen LogP contribution in [0.3, 0.4) is 0 Å². The van der Waals surface area contributed by atoms with Crippen LogP contribution in [0.1, 0.15) is 17.0 Å². The molecule has 0 aliphatic carbocycles. The Kier molecular flexibility index (Phi) is 5.34. The summed E-state index contributed by atoms with van der Waals surface area (Å²) >= 11 is 6.50. The normalized spacial score (nSPS) is 16.8. The molecule has 1 aliphatic rings. The quantitative estimate of drug-likeness (QED) is 0.479. The number of halogens is 1. The number of benzene rings is 1. The van der Waals surface area contributed by atoms with Gasteiger partial charge in [-0.1, -0.05) is 11.6 Å². The molecule has 32 heavy (non-hydrogen) atoms. The third-order valence-electron chi connectivity index (χ3n) is 5.76. The SMILES string of the molecule is Cc1nn(-c2ccnc(Nc3ccc4c(c3)c(Cl)c(C)n4C)n2)cc1CN1CC(O)CO1. The number of hydrogen-bond donors (Lipinski definition) is 2. The highest BCUT2D eigenvalue weighted by Gasteiger charge is 2.23. The number of aliphatic hydroxyl groups is 1. The number of rotatable bonds is 5. The molecule has 0 spiro atoms. The van der Waals surface area contributed by atoms with Crippen LogP contribution in [-0.4, -0.2) is 53.7 Å². The minimum absolute atomic E-state index is 0.327. The van der Waals surface area contributed by atoms with Crippen LogP contribution >= 0.6 is 11.6 Å². The molecule has 4 aromatic rings. The maximum absolute atomic E-state index is 9.65. The van der Waals surface area contributed by atoms with Gasteiger partial charge in [0.2, 0.25) is 5.95 Å². The van der Waals surface area contributed by atoms with Crippen LogP contribution in [0.4, 0.5) is 11.6 Å². The van der Waals surface area contributed by atoms with Gasteiger partial charge in [0.1, 0.15) is 0 Å². The Hall–Kier alpha value is -2.98. The Morgan fingerprint density at radius 2 is 2.12 bits per heavy atom. The van der Waals surface area contributed by atoms with Crippen molar-refractivity contribution in [2.75, 3.05) is 18.5 Å². The lowest BCUT2D eigenvalue weighted by Gasteiger charge is -2.12. The molecule has 5 rings (SSSR count). The molecular formula is C22H24ClN7O2. The average molecular weight is 454 g/mol. The predicted octanol–water partition coefficient (Wildman–Crippen LogP) is 3.28. The standard InChI is InChI=1S/C22H24ClN7O2/c1-13-15(9-29-11-17(31)12-32-29)10-30(27-13)20-6-7-24-22(26-20)25-16-4-5-19-18(8-16)21(23)14(2)28(19)3/h4-8,10,17,31H,9,11-12H2,1-3H3,(H,24,25,26). The highest BCUT2D eigenvalue weighted by atomic mass is 35.5. The maximum atomic E-state index is 9.65. The van der Waals surface area contributed by atoms with Crippen molar-refractivity contribution in [3.8, 4) is 5.82 Å². The van der Waals surface area contributed by atoms with Gasteiger partial charge in [-0.25, -0.2) is 9.67 Å². The number of nitrogens with zero attached hydrogens (tertiary/aromatic N) is 6. The number of aliphatic hydroxyl groups excluding tert-OH is 1. The maximum Gasteiger partial charge on any atom is 0.229 e. The first-order valence-electron chi connectivity index (χ1n) is 10.3. The fourth-order valence-corrected chi connectivity index (χ4v) is 4.15. The number of anilines is 2. The van der Waals surface area contributed by atoms with Crippen molar-refractivity contribution in [2.45, 2.75) is 26.5 Å². The summed E-state index contributed by atoms with van der Waals surface area (Å²) in [5.74, 6) is 1.11. The third kappa shape index (κ3) is 3.84. The van der Waals surface area contributed by atoms with Gasteiger partial charge in [-0.2, -0.15) is 15.1 Å². The van der Waals surface area contributed by atoms with E-state index in [9.17, 15) is 5.11 Å². The number of fused-ring (bicyclic) bond motifs is 1. The highest BCUT2D eigenvalue weighted by Crippen LogP contribution is 2.32. The van der Waals surface area contributed by atoms with Crippen molar-refractivity contribution < 1.29 is 9.94 Å². The molecule has 0 amide bonds. The molecule has 3 aromatic heterocycles. The van der Waals surface area contributed by atoms with E-state index in [0.717, 1.165) is 38.6 Å². The Morgan fingerprint density at radius 3 is 2.91 bits per heavy atom. The van der Waals surface area contributed by atoms with E-state index in [1.54, 1.807) is 22.0 Å². The van der Waals surface area contributed by atoms with Crippen molar-refractivity contribution >= 4 is 34.1 Å². The molecule has 166 valence electrons. The molecule has 0 radical (unpaired) electrons. The molecule has 9 nitrogen and oxygen atoms in total. The average Bonchev–Trinajstić information content (AvgIpc) is 3.42. The van der Waals surface area contributed by atoms with E-state index in [0.29, 0.717) is 31.5 Å². The van der Waals surface area contributed by atoms with Crippen molar-refractivity contribution in [3.05, 3.63) is 58.6 Å². The van der Waals surface area contributed by atoms with Crippen LogP contribution in [0.5, 0.6) is 0 Å². The number of β-amino-alcohol motifs (C(OH)–C–C–N with tert-alkyl or cyclic N) is 1. The minimum Gasteiger partial charge on any atom is -0.389 e. The summed E-state index contributed by atoms with van der Waals surface area (Å²) in [6.45, 7) is 5.31. The lowest BCUT2D eigenvalue weighted by atomic mass is 10.2. The molecule has 2 N–H and O–H groups in total. The Balaban J connectivity index is 1.38. The molecule has 1 atom stereocenters. The van der Waals surface area contributed by atoms with Crippen LogP contribution in [0.15, 0.2) is 36.7 Å². The van der Waals surface area contributed by atoms with Crippen molar-refractivity contribution in [2.24, 2.45) is 7.05 Å². The van der Waals surface area contributed by atoms with Gasteiger partial charge in [-0.05, 0) is 32.0 Å². The van der Waals surface area contributed by atoms with Gasteiger partial charge in [0.05, 0.1) is 36.5 Å². The zero-order valence-corrected chi connectivity index (χ0v) is 18.8. The van der Waals surface area contributed by atoms with Crippen LogP contribution in [0, 0.1) is 13.8 Å². The predicted molar refractivity (Wildman–Crippen MR) is 122 cm³/mol. The summed E-state index contributed by atoms with van der Waals surface area (Å²) in [6.07, 6.45) is 3.17. The molecule has 1 unspecified atom stereocenters. The van der Waals surface area contributed by atoms with Crippen LogP contribution < -0.4 is 5.32 Å². The molecule has 1 fully saturated rings. The fraction of sp³-hybridized carbons (Fsp3) is 0.318. The summed E-state index contributed by atoms with van der Waals surface area (Å²) in [6, 6.07) is 7.81. The Labute approximate surface area is 190 Å². The number of aromatic nitrogens is 5. The summed E-state index contributed by atoms with van der Waals surface area (Å²) < 4.78 is 3.80. The second kappa shape index (κ2) is 8.18. The topological polar surface area (TPSA) is 93.3 Å². The van der Waals surface area contributed by atoms with Gasteiger partial charge in [0.15, 0.2) is 5.82 Å². The van der Waals surface area contributed by atoms with E-state index in [4.69, 9.17) is 16.4 Å². The molecular weight excluding hydrogens is 430 g/mol. The van der Waals surface area contributed by atoms with E-state index in [1.807, 2.05) is 45.3 Å². The van der Waals surface area contributed by atoms with Gasteiger partial charge in [0.25, 0.3) is 0 Å². The molecule has 10 heteroatoms. The number of nitrogens with one attached hydrogen (secondary N) is 1. The van der Waals surface area contributed by atoms with Crippen LogP contribution in [0.25, 0.3) is 16.7 Å². The summed E-state index contributed by atoms with van der Waals surface area (Å²) in [5.41, 5.74) is 4.83. The van der Waals surface area contributed by atoms with Gasteiger partial charge in [-0.15, -0.1) is 0 Å². The van der Waals surface area contributed by atoms with E-state index in [2.05, 4.69) is 25.0 Å². The number of hydrogen-bond acceptors (Lipinski definition) is 7. The molecule has 4 heterocycles. The monoisotopic (exact) mass is 453 g/mol. The van der Waals surface area contributed by atoms with Gasteiger partial charge < -0.3 is 15.0 Å². The van der Waals surface area contributed by atoms with E-state index >= 15 is 0 Å². The largest absolute Gasteiger partial charge is 0.389 e. The van der Waals surface area contributed by atoms with E-state index in [-0.39, 0.29) is 0 Å². The second-order valence-electron chi connectivity index (χ2n) is 8.01. The minimum atomic E-state index is -0.449. The van der Waals surface area contributed by atoms with E-state index in [1.165, 1.54) is 0 Å². The smallest absolute Gasteiger partial charge is 0.229 e. The highest BCUT2D eigenvalue weighted by molar-refractivity contribution is 6.36.